The van der Waals surface area contributed by atoms with Gasteiger partial charge in [0.1, 0.15) is 16.2 Å². The number of rotatable bonds is 5. The van der Waals surface area contributed by atoms with Crippen LogP contribution < -0.4 is 0 Å². The van der Waals surface area contributed by atoms with E-state index >= 15 is 0 Å². The molecule has 6 heteroatoms. The van der Waals surface area contributed by atoms with Crippen molar-refractivity contribution >= 4 is 39.2 Å². The fraction of sp³-hybridized carbons (Fsp3) is 0.381. The average molecular weight is 398 g/mol. The first-order valence-electron chi connectivity index (χ1n) is 9.41. The number of likely N-dealkylation sites (tertiary alicyclic amines) is 1. The number of carbonyl (C=O) groups excluding carboxylic acids is 1. The Hall–Kier alpha value is -1.92. The first-order chi connectivity index (χ1) is 13.2. The lowest BCUT2D eigenvalue weighted by atomic mass is 9.99. The number of hydrogen-bond acceptors (Lipinski definition) is 5. The number of thiophene rings is 1. The van der Waals surface area contributed by atoms with Gasteiger partial charge in [-0.2, -0.15) is 0 Å². The van der Waals surface area contributed by atoms with Gasteiger partial charge in [0, 0.05) is 35.5 Å². The topological polar surface area (TPSA) is 46.1 Å². The van der Waals surface area contributed by atoms with E-state index in [-0.39, 0.29) is 5.91 Å². The summed E-state index contributed by atoms with van der Waals surface area (Å²) in [6.07, 6.45) is 4.45. The van der Waals surface area contributed by atoms with Crippen molar-refractivity contribution in [2.75, 3.05) is 18.8 Å². The molecule has 4 nitrogen and oxygen atoms in total. The fourth-order valence-corrected chi connectivity index (χ4v) is 5.32. The molecule has 3 aromatic rings. The molecule has 1 aliphatic heterocycles. The Morgan fingerprint density at radius 3 is 2.78 bits per heavy atom. The van der Waals surface area contributed by atoms with Crippen LogP contribution in [0.1, 0.15) is 26.2 Å². The lowest BCUT2D eigenvalue weighted by Gasteiger charge is -2.30. The summed E-state index contributed by atoms with van der Waals surface area (Å²) in [7, 11) is 0. The predicted octanol–water partition coefficient (Wildman–Crippen LogP) is 5.10. The molecule has 2 aromatic heterocycles. The van der Waals surface area contributed by atoms with Crippen LogP contribution in [0.2, 0.25) is 0 Å². The van der Waals surface area contributed by atoms with E-state index in [4.69, 9.17) is 0 Å². The Labute approximate surface area is 168 Å². The Morgan fingerprint density at radius 2 is 2.00 bits per heavy atom. The van der Waals surface area contributed by atoms with E-state index < -0.39 is 0 Å². The van der Waals surface area contributed by atoms with Crippen LogP contribution in [0.25, 0.3) is 20.7 Å². The van der Waals surface area contributed by atoms with E-state index in [1.54, 1.807) is 29.4 Å². The molecule has 0 N–H and O–H groups in total. The zero-order valence-electron chi connectivity index (χ0n) is 15.4. The summed E-state index contributed by atoms with van der Waals surface area (Å²) >= 11 is 3.35. The van der Waals surface area contributed by atoms with Gasteiger partial charge >= 0.3 is 0 Å². The van der Waals surface area contributed by atoms with E-state index in [9.17, 15) is 4.79 Å². The lowest BCUT2D eigenvalue weighted by molar-refractivity contribution is -0.132. The maximum atomic E-state index is 12.4. The minimum atomic E-state index is 0.273. The molecule has 1 fully saturated rings. The number of aromatic nitrogens is 2. The molecule has 0 unspecified atom stereocenters. The minimum absolute atomic E-state index is 0.273. The number of fused-ring (bicyclic) bond motifs is 1. The molecule has 1 aromatic carbocycles. The van der Waals surface area contributed by atoms with Crippen molar-refractivity contribution in [3.8, 4) is 10.4 Å². The summed E-state index contributed by atoms with van der Waals surface area (Å²) in [5.74, 6) is 1.78. The van der Waals surface area contributed by atoms with Gasteiger partial charge in [0.15, 0.2) is 0 Å². The van der Waals surface area contributed by atoms with Crippen LogP contribution in [-0.2, 0) is 4.79 Å². The summed E-state index contributed by atoms with van der Waals surface area (Å²) in [5.41, 5.74) is 1.20. The maximum Gasteiger partial charge on any atom is 0.223 e. The number of nitrogens with zero attached hydrogens (tertiary/aromatic N) is 3. The normalized spacial score (nSPS) is 15.4. The van der Waals surface area contributed by atoms with Gasteiger partial charge in [-0.3, -0.25) is 4.79 Å². The largest absolute Gasteiger partial charge is 0.343 e. The Morgan fingerprint density at radius 1 is 1.22 bits per heavy atom. The molecule has 140 valence electrons. The summed E-state index contributed by atoms with van der Waals surface area (Å²) in [6, 6.07) is 12.5. The molecule has 0 aliphatic carbocycles. The SMILES string of the molecule is CC1CCN(C(=O)CCSc2ncnc3sc(-c4ccccc4)cc23)CC1. The molecule has 1 amide bonds. The van der Waals surface area contributed by atoms with Crippen molar-refractivity contribution in [3.05, 3.63) is 42.7 Å². The molecule has 1 aliphatic rings. The highest BCUT2D eigenvalue weighted by atomic mass is 32.2. The quantitative estimate of drug-likeness (QED) is 0.444. The van der Waals surface area contributed by atoms with Crippen LogP contribution in [0.15, 0.2) is 47.8 Å². The first-order valence-corrected chi connectivity index (χ1v) is 11.2. The second-order valence-corrected chi connectivity index (χ2v) is 9.15. The van der Waals surface area contributed by atoms with Crippen LogP contribution in [-0.4, -0.2) is 39.6 Å². The number of thioether (sulfide) groups is 1. The minimum Gasteiger partial charge on any atom is -0.343 e. The van der Waals surface area contributed by atoms with Crippen molar-refractivity contribution < 1.29 is 4.79 Å². The van der Waals surface area contributed by atoms with E-state index in [0.29, 0.717) is 6.42 Å². The van der Waals surface area contributed by atoms with E-state index in [1.165, 1.54) is 10.4 Å². The highest BCUT2D eigenvalue weighted by Gasteiger charge is 2.20. The molecular formula is C21H23N3OS2. The third kappa shape index (κ3) is 4.33. The smallest absolute Gasteiger partial charge is 0.223 e. The van der Waals surface area contributed by atoms with Crippen LogP contribution in [0.3, 0.4) is 0 Å². The molecule has 0 spiro atoms. The third-order valence-electron chi connectivity index (χ3n) is 5.04. The Bertz CT molecular complexity index is 918. The molecule has 27 heavy (non-hydrogen) atoms. The predicted molar refractivity (Wildman–Crippen MR) is 113 cm³/mol. The molecule has 4 rings (SSSR count). The van der Waals surface area contributed by atoms with Crippen molar-refractivity contribution in [2.45, 2.75) is 31.2 Å². The van der Waals surface area contributed by atoms with Gasteiger partial charge in [0.05, 0.1) is 0 Å². The van der Waals surface area contributed by atoms with Crippen LogP contribution in [0.5, 0.6) is 0 Å². The summed E-state index contributed by atoms with van der Waals surface area (Å²) < 4.78 is 0. The molecule has 0 radical (unpaired) electrons. The molecule has 3 heterocycles. The number of carbonyl (C=O) groups is 1. The highest BCUT2D eigenvalue weighted by molar-refractivity contribution is 7.99. The van der Waals surface area contributed by atoms with Gasteiger partial charge < -0.3 is 4.90 Å². The van der Waals surface area contributed by atoms with Gasteiger partial charge in [-0.1, -0.05) is 37.3 Å². The monoisotopic (exact) mass is 397 g/mol. The molecule has 0 atom stereocenters. The van der Waals surface area contributed by atoms with Crippen molar-refractivity contribution in [3.63, 3.8) is 0 Å². The highest BCUT2D eigenvalue weighted by Crippen LogP contribution is 2.36. The van der Waals surface area contributed by atoms with Crippen LogP contribution in [0, 0.1) is 5.92 Å². The number of piperidine rings is 1. The van der Waals surface area contributed by atoms with Gasteiger partial charge in [-0.05, 0) is 30.4 Å². The van der Waals surface area contributed by atoms with Gasteiger partial charge in [-0.25, -0.2) is 9.97 Å². The van der Waals surface area contributed by atoms with Crippen LogP contribution >= 0.6 is 23.1 Å². The number of hydrogen-bond donors (Lipinski definition) is 0. The maximum absolute atomic E-state index is 12.4. The zero-order valence-corrected chi connectivity index (χ0v) is 17.1. The van der Waals surface area contributed by atoms with Gasteiger partial charge in [0.2, 0.25) is 5.91 Å². The lowest BCUT2D eigenvalue weighted by Crippen LogP contribution is -2.38. The third-order valence-corrected chi connectivity index (χ3v) is 7.14. The molecule has 0 saturated carbocycles. The van der Waals surface area contributed by atoms with E-state index in [0.717, 1.165) is 52.8 Å². The Kier molecular flexibility index (Phi) is 5.74. The van der Waals surface area contributed by atoms with E-state index in [1.807, 2.05) is 23.1 Å². The second-order valence-electron chi connectivity index (χ2n) is 7.04. The molecule has 1 saturated heterocycles. The number of benzene rings is 1. The Balaban J connectivity index is 1.42. The van der Waals surface area contributed by atoms with Crippen molar-refractivity contribution in [1.82, 2.24) is 14.9 Å². The summed E-state index contributed by atoms with van der Waals surface area (Å²) in [6.45, 7) is 4.09. The molecular weight excluding hydrogens is 374 g/mol. The summed E-state index contributed by atoms with van der Waals surface area (Å²) in [5, 5.41) is 2.06. The van der Waals surface area contributed by atoms with Crippen molar-refractivity contribution in [2.24, 2.45) is 5.92 Å². The average Bonchev–Trinajstić information content (AvgIpc) is 3.14. The van der Waals surface area contributed by atoms with Gasteiger partial charge in [-0.15, -0.1) is 23.1 Å². The molecule has 0 bridgehead atoms. The summed E-state index contributed by atoms with van der Waals surface area (Å²) in [4.78, 5) is 25.6. The van der Waals surface area contributed by atoms with Crippen LogP contribution in [0.4, 0.5) is 0 Å². The van der Waals surface area contributed by atoms with E-state index in [2.05, 4.69) is 35.1 Å². The second kappa shape index (κ2) is 8.40. The number of amides is 1. The first kappa shape index (κ1) is 18.4. The fourth-order valence-electron chi connectivity index (χ4n) is 3.34. The standard InChI is InChI=1S/C21H23N3OS2/c1-15-7-10-24(11-8-15)19(25)9-12-26-20-17-13-18(16-5-3-2-4-6-16)27-21(17)23-14-22-20/h2-6,13-15H,7-12H2,1H3. The van der Waals surface area contributed by atoms with Crippen molar-refractivity contribution in [1.29, 1.82) is 0 Å². The zero-order chi connectivity index (χ0) is 18.6. The van der Waals surface area contributed by atoms with Gasteiger partial charge in [0.25, 0.3) is 0 Å².